The Kier molecular flexibility index (Phi) is 9.20. The monoisotopic (exact) mass is 658 g/mol. The van der Waals surface area contributed by atoms with Gasteiger partial charge in [-0.2, -0.15) is 26.3 Å². The minimum Gasteiger partial charge on any atom is -0.496 e. The first kappa shape index (κ1) is 33.7. The van der Waals surface area contributed by atoms with Gasteiger partial charge < -0.3 is 25.2 Å². The van der Waals surface area contributed by atoms with Gasteiger partial charge in [-0.25, -0.2) is 4.39 Å². The Morgan fingerprint density at radius 3 is 2.16 bits per heavy atom. The van der Waals surface area contributed by atoms with Crippen molar-refractivity contribution < 1.29 is 54.9 Å². The fourth-order valence-corrected chi connectivity index (χ4v) is 5.30. The SMILES string of the molecule is COc1ccc(C(O)OC(C)(C)C)cc1C(=O)Nc1c(C(=O)Nc2ccc(F)c(C(F)(F)F)c2)sc2cc(C(F)(F)F)ccc12. The van der Waals surface area contributed by atoms with Crippen molar-refractivity contribution in [2.45, 2.75) is 45.0 Å². The number of anilines is 2. The molecule has 3 N–H and O–H groups in total. The van der Waals surface area contributed by atoms with Gasteiger partial charge in [0.2, 0.25) is 0 Å². The molecular weight excluding hydrogens is 633 g/mol. The van der Waals surface area contributed by atoms with Gasteiger partial charge in [-0.1, -0.05) is 12.1 Å². The predicted molar refractivity (Wildman–Crippen MR) is 153 cm³/mol. The molecule has 0 aliphatic rings. The number of fused-ring (bicyclic) bond motifs is 1. The zero-order valence-corrected chi connectivity index (χ0v) is 24.7. The van der Waals surface area contributed by atoms with Crippen molar-refractivity contribution in [3.05, 3.63) is 87.5 Å². The Morgan fingerprint density at radius 1 is 0.867 bits per heavy atom. The normalized spacial score (nSPS) is 13.1. The maximum atomic E-state index is 13.8. The molecule has 4 rings (SSSR count). The second-order valence-corrected chi connectivity index (χ2v) is 11.7. The Bertz CT molecular complexity index is 1760. The van der Waals surface area contributed by atoms with E-state index in [0.717, 1.165) is 24.3 Å². The summed E-state index contributed by atoms with van der Waals surface area (Å²) >= 11 is 0.542. The van der Waals surface area contributed by atoms with Crippen molar-refractivity contribution in [2.75, 3.05) is 17.7 Å². The van der Waals surface area contributed by atoms with Gasteiger partial charge in [-0.15, -0.1) is 11.3 Å². The Hall–Kier alpha value is -4.21. The molecule has 0 bridgehead atoms. The third-order valence-electron chi connectivity index (χ3n) is 6.21. The van der Waals surface area contributed by atoms with E-state index in [0.29, 0.717) is 23.5 Å². The number of alkyl halides is 6. The van der Waals surface area contributed by atoms with E-state index in [9.17, 15) is 45.4 Å². The highest BCUT2D eigenvalue weighted by atomic mass is 32.1. The number of carbonyl (C=O) groups is 2. The average Bonchev–Trinajstić information content (AvgIpc) is 3.29. The first-order valence-corrected chi connectivity index (χ1v) is 13.8. The number of hydrogen-bond donors (Lipinski definition) is 3. The first-order valence-electron chi connectivity index (χ1n) is 13.0. The molecule has 0 saturated heterocycles. The van der Waals surface area contributed by atoms with Crippen molar-refractivity contribution in [3.63, 3.8) is 0 Å². The number of amides is 2. The largest absolute Gasteiger partial charge is 0.496 e. The van der Waals surface area contributed by atoms with Crippen LogP contribution in [0.1, 0.15) is 63.8 Å². The number of aliphatic hydroxyl groups excluding tert-OH is 1. The summed E-state index contributed by atoms with van der Waals surface area (Å²) in [7, 11) is 1.27. The van der Waals surface area contributed by atoms with E-state index in [4.69, 9.17) is 9.47 Å². The van der Waals surface area contributed by atoms with Crippen molar-refractivity contribution in [3.8, 4) is 5.75 Å². The van der Waals surface area contributed by atoms with Crippen LogP contribution in [0.25, 0.3) is 10.1 Å². The molecule has 1 atom stereocenters. The number of nitrogens with one attached hydrogen (secondary N) is 2. The van der Waals surface area contributed by atoms with Crippen molar-refractivity contribution in [1.82, 2.24) is 0 Å². The lowest BCUT2D eigenvalue weighted by molar-refractivity contribution is -0.169. The number of ether oxygens (including phenoxy) is 2. The Morgan fingerprint density at radius 2 is 1.56 bits per heavy atom. The highest BCUT2D eigenvalue weighted by molar-refractivity contribution is 7.21. The van der Waals surface area contributed by atoms with Gasteiger partial charge in [0.05, 0.1) is 35.1 Å². The molecule has 240 valence electrons. The van der Waals surface area contributed by atoms with Gasteiger partial charge in [-0.3, -0.25) is 9.59 Å². The van der Waals surface area contributed by atoms with Gasteiger partial charge in [0.25, 0.3) is 11.8 Å². The van der Waals surface area contributed by atoms with Gasteiger partial charge >= 0.3 is 12.4 Å². The maximum absolute atomic E-state index is 13.8. The Labute approximate surface area is 255 Å². The molecule has 45 heavy (non-hydrogen) atoms. The van der Waals surface area contributed by atoms with Crippen LogP contribution in [0.4, 0.5) is 42.1 Å². The molecule has 0 aliphatic carbocycles. The van der Waals surface area contributed by atoms with Gasteiger partial charge in [-0.05, 0) is 63.2 Å². The lowest BCUT2D eigenvalue weighted by Gasteiger charge is -2.24. The van der Waals surface area contributed by atoms with E-state index in [1.54, 1.807) is 20.8 Å². The summed E-state index contributed by atoms with van der Waals surface area (Å²) < 4.78 is 105. The van der Waals surface area contributed by atoms with Crippen LogP contribution in [-0.2, 0) is 17.1 Å². The highest BCUT2D eigenvalue weighted by Gasteiger charge is 2.35. The van der Waals surface area contributed by atoms with E-state index >= 15 is 0 Å². The van der Waals surface area contributed by atoms with E-state index in [1.165, 1.54) is 25.3 Å². The quantitative estimate of drug-likeness (QED) is 0.137. The summed E-state index contributed by atoms with van der Waals surface area (Å²) in [5.41, 5.74) is -4.14. The molecule has 0 radical (unpaired) electrons. The molecule has 2 amide bonds. The molecule has 0 spiro atoms. The van der Waals surface area contributed by atoms with Gasteiger partial charge in [0, 0.05) is 21.3 Å². The number of methoxy groups -OCH3 is 1. The topological polar surface area (TPSA) is 96.9 Å². The van der Waals surface area contributed by atoms with E-state index in [1.807, 2.05) is 0 Å². The smallest absolute Gasteiger partial charge is 0.419 e. The molecule has 0 fully saturated rings. The number of rotatable bonds is 7. The van der Waals surface area contributed by atoms with Crippen LogP contribution in [0.5, 0.6) is 5.75 Å². The van der Waals surface area contributed by atoms with E-state index < -0.39 is 58.7 Å². The third-order valence-corrected chi connectivity index (χ3v) is 7.36. The van der Waals surface area contributed by atoms with Crippen LogP contribution in [0.3, 0.4) is 0 Å². The molecule has 1 unspecified atom stereocenters. The Balaban J connectivity index is 1.78. The summed E-state index contributed by atoms with van der Waals surface area (Å²) in [5, 5.41) is 15.2. The molecule has 1 aromatic heterocycles. The van der Waals surface area contributed by atoms with Crippen LogP contribution >= 0.6 is 11.3 Å². The number of aliphatic hydroxyl groups is 1. The second kappa shape index (κ2) is 12.3. The van der Waals surface area contributed by atoms with Crippen molar-refractivity contribution >= 4 is 44.6 Å². The number of halogens is 7. The van der Waals surface area contributed by atoms with Crippen LogP contribution in [-0.4, -0.2) is 29.6 Å². The van der Waals surface area contributed by atoms with E-state index in [-0.39, 0.29) is 37.5 Å². The number of thiophene rings is 1. The molecule has 15 heteroatoms. The minimum atomic E-state index is -5.07. The fourth-order valence-electron chi connectivity index (χ4n) is 4.21. The number of benzene rings is 3. The van der Waals surface area contributed by atoms with Gasteiger partial charge in [0.15, 0.2) is 6.29 Å². The summed E-state index contributed by atoms with van der Waals surface area (Å²) in [6.45, 7) is 5.09. The van der Waals surface area contributed by atoms with Crippen LogP contribution in [0.2, 0.25) is 0 Å². The summed E-state index contributed by atoms with van der Waals surface area (Å²) in [6.07, 6.45) is -11.3. The average molecular weight is 659 g/mol. The van der Waals surface area contributed by atoms with Crippen molar-refractivity contribution in [2.24, 2.45) is 0 Å². The molecule has 7 nitrogen and oxygen atoms in total. The zero-order valence-electron chi connectivity index (χ0n) is 23.9. The standard InChI is InChI=1S/C30H25F7N2O5S/c1-28(2,3)44-27(42)14-5-10-21(43-4)18(11-14)25(40)39-23-17-8-6-15(29(32,33)34)12-22(17)45-24(23)26(41)38-16-7-9-20(31)19(13-16)30(35,36)37/h5-13,27,42H,1-4H3,(H,38,41)(H,39,40). The summed E-state index contributed by atoms with van der Waals surface area (Å²) in [4.78, 5) is 26.5. The van der Waals surface area contributed by atoms with Crippen LogP contribution < -0.4 is 15.4 Å². The number of carbonyl (C=O) groups excluding carboxylic acids is 2. The van der Waals surface area contributed by atoms with E-state index in [2.05, 4.69) is 10.6 Å². The fraction of sp³-hybridized carbons (Fsp3) is 0.267. The van der Waals surface area contributed by atoms with Crippen LogP contribution in [0, 0.1) is 5.82 Å². The molecule has 4 aromatic rings. The summed E-state index contributed by atoms with van der Waals surface area (Å²) in [6, 6.07) is 8.35. The lowest BCUT2D eigenvalue weighted by Crippen LogP contribution is -2.23. The molecule has 1 heterocycles. The molecule has 0 aliphatic heterocycles. The van der Waals surface area contributed by atoms with Crippen LogP contribution in [0.15, 0.2) is 54.6 Å². The minimum absolute atomic E-state index is 0.0211. The maximum Gasteiger partial charge on any atom is 0.419 e. The number of hydrogen-bond acceptors (Lipinski definition) is 6. The van der Waals surface area contributed by atoms with Crippen molar-refractivity contribution in [1.29, 1.82) is 0 Å². The summed E-state index contributed by atoms with van der Waals surface area (Å²) in [5.74, 6) is -3.53. The molecular formula is C30H25F7N2O5S. The molecule has 0 saturated carbocycles. The highest BCUT2D eigenvalue weighted by Crippen LogP contribution is 2.41. The molecule has 3 aromatic carbocycles. The second-order valence-electron chi connectivity index (χ2n) is 10.7. The van der Waals surface area contributed by atoms with Gasteiger partial charge in [0.1, 0.15) is 16.4 Å². The predicted octanol–water partition coefficient (Wildman–Crippen LogP) is 8.40. The first-order chi connectivity index (χ1) is 20.8. The lowest BCUT2D eigenvalue weighted by atomic mass is 10.1. The third kappa shape index (κ3) is 7.72. The zero-order chi connectivity index (χ0) is 33.5.